The third kappa shape index (κ3) is 4.51. The Hall–Kier alpha value is -2.33. The van der Waals surface area contributed by atoms with Crippen LogP contribution in [-0.4, -0.2) is 32.0 Å². The fourth-order valence-electron chi connectivity index (χ4n) is 3.49. The number of hydrogen-bond donors (Lipinski definition) is 1. The number of benzene rings is 1. The molecule has 27 heavy (non-hydrogen) atoms. The van der Waals surface area contributed by atoms with Crippen molar-refractivity contribution in [2.24, 2.45) is 0 Å². The molecule has 0 atom stereocenters. The summed E-state index contributed by atoms with van der Waals surface area (Å²) in [5.41, 5.74) is 1.52. The van der Waals surface area contributed by atoms with Gasteiger partial charge in [0, 0.05) is 12.1 Å². The molecule has 7 heteroatoms. The average molecular weight is 384 g/mol. The molecule has 0 radical (unpaired) electrons. The van der Waals surface area contributed by atoms with Crippen molar-refractivity contribution in [3.05, 3.63) is 29.8 Å². The third-order valence-electron chi connectivity index (χ3n) is 4.82. The minimum Gasteiger partial charge on any atom is -0.337 e. The maximum atomic E-state index is 12.4. The highest BCUT2D eigenvalue weighted by Gasteiger charge is 2.35. The molecular weight excluding hydrogens is 358 g/mol. The summed E-state index contributed by atoms with van der Waals surface area (Å²) >= 11 is 1.38. The molecule has 1 aliphatic carbocycles. The molecule has 1 saturated carbocycles. The molecule has 1 aromatic carbocycles. The van der Waals surface area contributed by atoms with Crippen LogP contribution < -0.4 is 5.32 Å². The Morgan fingerprint density at radius 1 is 1.37 bits per heavy atom. The summed E-state index contributed by atoms with van der Waals surface area (Å²) in [5, 5.41) is 21.8. The average Bonchev–Trinajstić information content (AvgIpc) is 3.28. The van der Waals surface area contributed by atoms with Gasteiger partial charge in [0.05, 0.1) is 11.8 Å². The zero-order valence-electron chi connectivity index (χ0n) is 15.9. The number of rotatable bonds is 7. The van der Waals surface area contributed by atoms with Crippen LogP contribution in [0.25, 0.3) is 11.4 Å². The molecular formula is C20H25N5OS. The number of nitriles is 1. The van der Waals surface area contributed by atoms with Crippen LogP contribution in [0.15, 0.2) is 29.4 Å². The summed E-state index contributed by atoms with van der Waals surface area (Å²) < 4.78 is 2.07. The molecule has 6 nitrogen and oxygen atoms in total. The van der Waals surface area contributed by atoms with Gasteiger partial charge in [0.2, 0.25) is 5.91 Å². The quantitative estimate of drug-likeness (QED) is 0.737. The van der Waals surface area contributed by atoms with Crippen molar-refractivity contribution in [2.45, 2.75) is 63.2 Å². The lowest BCUT2D eigenvalue weighted by Crippen LogP contribution is -2.45. The first-order valence-corrected chi connectivity index (χ1v) is 10.4. The van der Waals surface area contributed by atoms with Gasteiger partial charge in [-0.25, -0.2) is 0 Å². The summed E-state index contributed by atoms with van der Waals surface area (Å²) in [6, 6.07) is 10.5. The van der Waals surface area contributed by atoms with Crippen LogP contribution in [0.4, 0.5) is 0 Å². The normalized spacial score (nSPS) is 15.4. The van der Waals surface area contributed by atoms with Gasteiger partial charge in [-0.15, -0.1) is 10.2 Å². The Balaban J connectivity index is 1.71. The van der Waals surface area contributed by atoms with Crippen LogP contribution in [-0.2, 0) is 11.3 Å². The molecule has 142 valence electrons. The molecule has 1 amide bonds. The molecule has 1 heterocycles. The van der Waals surface area contributed by atoms with Crippen LogP contribution in [0.5, 0.6) is 0 Å². The van der Waals surface area contributed by atoms with E-state index in [4.69, 9.17) is 0 Å². The van der Waals surface area contributed by atoms with Gasteiger partial charge in [-0.05, 0) is 45.1 Å². The lowest BCUT2D eigenvalue weighted by molar-refractivity contribution is -0.119. The SMILES string of the molecule is CCCn1c(SCC(=O)NC2(C#N)CCCC2)nnc1-c1cccc(C)c1. The molecule has 1 N–H and O–H groups in total. The molecule has 0 saturated heterocycles. The number of nitrogens with one attached hydrogen (secondary N) is 1. The monoisotopic (exact) mass is 383 g/mol. The van der Waals surface area contributed by atoms with Crippen LogP contribution >= 0.6 is 11.8 Å². The van der Waals surface area contributed by atoms with Crippen molar-refractivity contribution in [2.75, 3.05) is 5.75 Å². The predicted molar refractivity (Wildman–Crippen MR) is 106 cm³/mol. The number of thioether (sulfide) groups is 1. The summed E-state index contributed by atoms with van der Waals surface area (Å²) in [6.07, 6.45) is 4.42. The lowest BCUT2D eigenvalue weighted by Gasteiger charge is -2.21. The topological polar surface area (TPSA) is 83.6 Å². The van der Waals surface area contributed by atoms with E-state index in [1.165, 1.54) is 17.3 Å². The standard InChI is InChI=1S/C20H25N5OS/c1-3-11-25-18(16-8-6-7-15(2)12-16)23-24-19(25)27-13-17(26)22-20(14-21)9-4-5-10-20/h6-8,12H,3-5,9-11,13H2,1-2H3,(H,22,26). The van der Waals surface area contributed by atoms with Crippen LogP contribution in [0, 0.1) is 18.3 Å². The third-order valence-corrected chi connectivity index (χ3v) is 5.79. The van der Waals surface area contributed by atoms with E-state index in [1.807, 2.05) is 12.1 Å². The molecule has 1 aromatic heterocycles. The Morgan fingerprint density at radius 2 is 2.15 bits per heavy atom. The summed E-state index contributed by atoms with van der Waals surface area (Å²) in [7, 11) is 0. The van der Waals surface area contributed by atoms with Gasteiger partial charge in [-0.3, -0.25) is 4.79 Å². The molecule has 1 fully saturated rings. The van der Waals surface area contributed by atoms with Crippen LogP contribution in [0.3, 0.4) is 0 Å². The predicted octanol–water partition coefficient (Wildman–Crippen LogP) is 3.71. The smallest absolute Gasteiger partial charge is 0.231 e. The van der Waals surface area contributed by atoms with Gasteiger partial charge in [0.25, 0.3) is 0 Å². The lowest BCUT2D eigenvalue weighted by atomic mass is 10.0. The van der Waals surface area contributed by atoms with E-state index in [0.717, 1.165) is 55.2 Å². The fourth-order valence-corrected chi connectivity index (χ4v) is 4.26. The Labute approximate surface area is 164 Å². The van der Waals surface area contributed by atoms with Crippen molar-refractivity contribution in [3.8, 4) is 17.5 Å². The second-order valence-electron chi connectivity index (χ2n) is 7.07. The van der Waals surface area contributed by atoms with Gasteiger partial charge in [0.1, 0.15) is 5.54 Å². The second-order valence-corrected chi connectivity index (χ2v) is 8.01. The first kappa shape index (κ1) is 19.4. The second kappa shape index (κ2) is 8.57. The summed E-state index contributed by atoms with van der Waals surface area (Å²) in [5.74, 6) is 0.943. The summed E-state index contributed by atoms with van der Waals surface area (Å²) in [4.78, 5) is 12.4. The minimum absolute atomic E-state index is 0.119. The van der Waals surface area contributed by atoms with E-state index in [-0.39, 0.29) is 11.7 Å². The zero-order valence-corrected chi connectivity index (χ0v) is 16.7. The first-order valence-electron chi connectivity index (χ1n) is 9.42. The van der Waals surface area contributed by atoms with E-state index < -0.39 is 5.54 Å². The maximum Gasteiger partial charge on any atom is 0.231 e. The van der Waals surface area contributed by atoms with E-state index in [2.05, 4.69) is 52.1 Å². The summed E-state index contributed by atoms with van der Waals surface area (Å²) in [6.45, 7) is 4.96. The van der Waals surface area contributed by atoms with Gasteiger partial charge >= 0.3 is 0 Å². The molecule has 0 aliphatic heterocycles. The number of aryl methyl sites for hydroxylation is 1. The van der Waals surface area contributed by atoms with Crippen molar-refractivity contribution >= 4 is 17.7 Å². The highest BCUT2D eigenvalue weighted by atomic mass is 32.2. The Morgan fingerprint density at radius 3 is 2.81 bits per heavy atom. The number of aromatic nitrogens is 3. The zero-order chi connectivity index (χ0) is 19.3. The molecule has 1 aliphatic rings. The van der Waals surface area contributed by atoms with Gasteiger partial charge in [-0.2, -0.15) is 5.26 Å². The number of carbonyl (C=O) groups is 1. The highest BCUT2D eigenvalue weighted by Crippen LogP contribution is 2.29. The van der Waals surface area contributed by atoms with E-state index in [0.29, 0.717) is 0 Å². The van der Waals surface area contributed by atoms with Crippen LogP contribution in [0.2, 0.25) is 0 Å². The van der Waals surface area contributed by atoms with Gasteiger partial charge in [0.15, 0.2) is 11.0 Å². The minimum atomic E-state index is -0.679. The number of amides is 1. The molecule has 0 unspecified atom stereocenters. The van der Waals surface area contributed by atoms with Gasteiger partial charge < -0.3 is 9.88 Å². The van der Waals surface area contributed by atoms with Crippen molar-refractivity contribution in [1.82, 2.24) is 20.1 Å². The van der Waals surface area contributed by atoms with E-state index in [9.17, 15) is 10.1 Å². The first-order chi connectivity index (χ1) is 13.1. The number of nitrogens with zero attached hydrogens (tertiary/aromatic N) is 4. The number of carbonyl (C=O) groups excluding carboxylic acids is 1. The van der Waals surface area contributed by atoms with Crippen molar-refractivity contribution in [1.29, 1.82) is 5.26 Å². The maximum absolute atomic E-state index is 12.4. The highest BCUT2D eigenvalue weighted by molar-refractivity contribution is 7.99. The molecule has 0 spiro atoms. The fraction of sp³-hybridized carbons (Fsp3) is 0.500. The number of hydrogen-bond acceptors (Lipinski definition) is 5. The largest absolute Gasteiger partial charge is 0.337 e. The van der Waals surface area contributed by atoms with E-state index >= 15 is 0 Å². The van der Waals surface area contributed by atoms with Crippen LogP contribution in [0.1, 0.15) is 44.6 Å². The van der Waals surface area contributed by atoms with Crippen molar-refractivity contribution < 1.29 is 4.79 Å². The molecule has 3 rings (SSSR count). The van der Waals surface area contributed by atoms with E-state index in [1.54, 1.807) is 0 Å². The Bertz CT molecular complexity index is 848. The van der Waals surface area contributed by atoms with Gasteiger partial charge in [-0.1, -0.05) is 42.4 Å². The molecule has 0 bridgehead atoms. The van der Waals surface area contributed by atoms with Crippen molar-refractivity contribution in [3.63, 3.8) is 0 Å². The molecule has 2 aromatic rings. The Kier molecular flexibility index (Phi) is 6.17.